The fourth-order valence-corrected chi connectivity index (χ4v) is 1.77. The Labute approximate surface area is 199 Å². The molecule has 0 aliphatic heterocycles. The fraction of sp³-hybridized carbons (Fsp3) is 0.333. The number of rotatable bonds is 1. The van der Waals surface area contributed by atoms with Crippen molar-refractivity contribution in [3.05, 3.63) is 93.0 Å². The van der Waals surface area contributed by atoms with E-state index in [4.69, 9.17) is 23.2 Å². The van der Waals surface area contributed by atoms with Gasteiger partial charge in [0.15, 0.2) is 0 Å². The highest BCUT2D eigenvalue weighted by molar-refractivity contribution is 6.41. The van der Waals surface area contributed by atoms with E-state index in [1.807, 2.05) is 67.5 Å². The highest BCUT2D eigenvalue weighted by Gasteiger charge is 1.93. The topological polar surface area (TPSA) is 0 Å². The lowest BCUT2D eigenvalue weighted by atomic mass is 10.2. The molecule has 2 aromatic carbocycles. The maximum Gasteiger partial charge on any atom is 0.123 e. The van der Waals surface area contributed by atoms with Crippen LogP contribution in [0, 0.1) is 31.5 Å². The molecule has 31 heavy (non-hydrogen) atoms. The van der Waals surface area contributed by atoms with Gasteiger partial charge in [0.25, 0.3) is 0 Å². The van der Waals surface area contributed by atoms with Gasteiger partial charge in [0, 0.05) is 0 Å². The lowest BCUT2D eigenvalue weighted by Crippen LogP contribution is -1.71. The number of hydrogen-bond donors (Lipinski definition) is 0. The summed E-state index contributed by atoms with van der Waals surface area (Å²) in [6, 6.07) is 12.0. The van der Waals surface area contributed by atoms with E-state index in [9.17, 15) is 8.78 Å². The van der Waals surface area contributed by atoms with Crippen LogP contribution in [-0.2, 0) is 0 Å². The third kappa shape index (κ3) is 25.9. The van der Waals surface area contributed by atoms with Crippen LogP contribution in [0.25, 0.3) is 0 Å². The molecule has 2 rings (SSSR count). The van der Waals surface area contributed by atoms with Crippen molar-refractivity contribution in [1.29, 1.82) is 0 Å². The molecule has 0 fully saturated rings. The molecule has 0 heterocycles. The van der Waals surface area contributed by atoms with E-state index in [1.165, 1.54) is 25.1 Å². The monoisotopic (exact) mass is 468 g/mol. The molecular weight excluding hydrogens is 433 g/mol. The zero-order chi connectivity index (χ0) is 24.8. The molecule has 172 valence electrons. The molecule has 0 amide bonds. The number of hydrogen-bond acceptors (Lipinski definition) is 0. The Bertz CT molecular complexity index is 774. The Morgan fingerprint density at radius 1 is 0.774 bits per heavy atom. The summed E-state index contributed by atoms with van der Waals surface area (Å²) in [5.41, 5.74) is 3.33. The summed E-state index contributed by atoms with van der Waals surface area (Å²) in [7, 11) is 0. The molecular formula is C27H36Cl2F2. The quantitative estimate of drug-likeness (QED) is 0.288. The van der Waals surface area contributed by atoms with Gasteiger partial charge in [-0.3, -0.25) is 0 Å². The minimum atomic E-state index is -0.171. The molecule has 0 bridgehead atoms. The van der Waals surface area contributed by atoms with Crippen LogP contribution in [0.2, 0.25) is 10.0 Å². The lowest BCUT2D eigenvalue weighted by molar-refractivity contribution is 0.627. The highest BCUT2D eigenvalue weighted by Crippen LogP contribution is 2.21. The average Bonchev–Trinajstić information content (AvgIpc) is 2.74. The number of allylic oxidation sites excluding steroid dienone is 4. The third-order valence-corrected chi connectivity index (χ3v) is 3.72. The van der Waals surface area contributed by atoms with Gasteiger partial charge in [0.1, 0.15) is 5.82 Å². The molecule has 4 heteroatoms. The summed E-state index contributed by atoms with van der Waals surface area (Å²) in [5.74, 6) is 5.04. The van der Waals surface area contributed by atoms with Gasteiger partial charge in [-0.2, -0.15) is 0 Å². The Kier molecular flexibility index (Phi) is 24.5. The standard InChI is InChI=1S/C7H6Cl2.C7H7F.C7H11F.C4H6.C2H6/c1-5-2-3-6(8)7(9)4-5;1-6-2-4-7(8)5-3-6;1-6(2)4-5-7(3)8;1-3-4-2;1-2/h2-4H,1H3;2-5H,1H3;4-5H,1-3H3;1-2H3;1-2H3/b;;7-5+;;. The molecule has 0 aliphatic rings. The van der Waals surface area contributed by atoms with Crippen LogP contribution in [0.15, 0.2) is 66.0 Å². The van der Waals surface area contributed by atoms with Crippen LogP contribution in [0.4, 0.5) is 8.78 Å². The summed E-state index contributed by atoms with van der Waals surface area (Å²) >= 11 is 11.3. The number of benzene rings is 2. The van der Waals surface area contributed by atoms with Gasteiger partial charge < -0.3 is 0 Å². The second-order valence-corrected chi connectivity index (χ2v) is 7.02. The SMILES string of the molecule is CC.CC#CC.CC(C)=C/C=C(\C)F.Cc1ccc(Cl)c(Cl)c1.Cc1ccc(F)cc1. The van der Waals surface area contributed by atoms with Gasteiger partial charge in [-0.05, 0) is 84.4 Å². The first-order valence-corrected chi connectivity index (χ1v) is 10.7. The van der Waals surface area contributed by atoms with Gasteiger partial charge >= 0.3 is 0 Å². The fourth-order valence-electron chi connectivity index (χ4n) is 1.42. The summed E-state index contributed by atoms with van der Waals surface area (Å²) in [4.78, 5) is 0. The van der Waals surface area contributed by atoms with Gasteiger partial charge in [0.2, 0.25) is 0 Å². The maximum absolute atomic E-state index is 12.1. The minimum Gasteiger partial charge on any atom is -0.212 e. The van der Waals surface area contributed by atoms with E-state index < -0.39 is 0 Å². The van der Waals surface area contributed by atoms with E-state index in [2.05, 4.69) is 11.8 Å². The minimum absolute atomic E-state index is 0.147. The molecule has 0 N–H and O–H groups in total. The Balaban J connectivity index is -0.000000338. The van der Waals surface area contributed by atoms with Crippen molar-refractivity contribution in [3.63, 3.8) is 0 Å². The molecule has 0 nitrogen and oxygen atoms in total. The predicted molar refractivity (Wildman–Crippen MR) is 137 cm³/mol. The van der Waals surface area contributed by atoms with E-state index >= 15 is 0 Å². The van der Waals surface area contributed by atoms with Gasteiger partial charge in [-0.25, -0.2) is 8.78 Å². The number of halogens is 4. The maximum atomic E-state index is 12.1. The van der Waals surface area contributed by atoms with Crippen molar-refractivity contribution >= 4 is 23.2 Å². The van der Waals surface area contributed by atoms with Crippen molar-refractivity contribution in [2.45, 2.75) is 62.3 Å². The normalized spacial score (nSPS) is 8.74. The van der Waals surface area contributed by atoms with Crippen molar-refractivity contribution in [3.8, 4) is 11.8 Å². The molecule has 0 radical (unpaired) electrons. The molecule has 0 aromatic heterocycles. The van der Waals surface area contributed by atoms with Crippen molar-refractivity contribution in [1.82, 2.24) is 0 Å². The van der Waals surface area contributed by atoms with Crippen LogP contribution in [-0.4, -0.2) is 0 Å². The zero-order valence-corrected chi connectivity index (χ0v) is 21.7. The second-order valence-electron chi connectivity index (χ2n) is 6.21. The third-order valence-electron chi connectivity index (χ3n) is 2.98. The highest BCUT2D eigenvalue weighted by atomic mass is 35.5. The van der Waals surface area contributed by atoms with Crippen LogP contribution < -0.4 is 0 Å². The van der Waals surface area contributed by atoms with Crippen molar-refractivity contribution in [2.24, 2.45) is 0 Å². The lowest BCUT2D eigenvalue weighted by Gasteiger charge is -1.94. The molecule has 0 saturated heterocycles. The Morgan fingerprint density at radius 3 is 1.48 bits per heavy atom. The smallest absolute Gasteiger partial charge is 0.123 e. The molecule has 0 atom stereocenters. The molecule has 2 aromatic rings. The summed E-state index contributed by atoms with van der Waals surface area (Å²) in [6.45, 7) is 16.8. The summed E-state index contributed by atoms with van der Waals surface area (Å²) in [5, 5.41) is 1.24. The zero-order valence-electron chi connectivity index (χ0n) is 20.2. The number of aryl methyl sites for hydroxylation is 2. The van der Waals surface area contributed by atoms with E-state index in [1.54, 1.807) is 24.3 Å². The van der Waals surface area contributed by atoms with Crippen molar-refractivity contribution in [2.75, 3.05) is 0 Å². The van der Waals surface area contributed by atoms with Gasteiger partial charge in [-0.15, -0.1) is 11.8 Å². The largest absolute Gasteiger partial charge is 0.212 e. The van der Waals surface area contributed by atoms with Crippen molar-refractivity contribution < 1.29 is 8.78 Å². The van der Waals surface area contributed by atoms with Crippen LogP contribution >= 0.6 is 23.2 Å². The first kappa shape index (κ1) is 33.6. The summed E-state index contributed by atoms with van der Waals surface area (Å²) in [6.07, 6.45) is 3.20. The van der Waals surface area contributed by atoms with E-state index in [0.29, 0.717) is 10.0 Å². The Hall–Kier alpha value is -2.08. The van der Waals surface area contributed by atoms with Gasteiger partial charge in [-0.1, -0.05) is 72.5 Å². The molecule has 0 spiro atoms. The second kappa shape index (κ2) is 22.6. The first-order chi connectivity index (χ1) is 14.5. The predicted octanol–water partition coefficient (Wildman–Crippen LogP) is 10.3. The first-order valence-electron chi connectivity index (χ1n) is 9.98. The Morgan fingerprint density at radius 2 is 1.23 bits per heavy atom. The average molecular weight is 469 g/mol. The molecule has 0 saturated carbocycles. The summed E-state index contributed by atoms with van der Waals surface area (Å²) < 4.78 is 24.0. The molecule has 0 aliphatic carbocycles. The van der Waals surface area contributed by atoms with E-state index in [0.717, 1.165) is 16.7 Å². The van der Waals surface area contributed by atoms with Gasteiger partial charge in [0.05, 0.1) is 15.9 Å². The molecule has 0 unspecified atom stereocenters. The van der Waals surface area contributed by atoms with Crippen LogP contribution in [0.5, 0.6) is 0 Å². The van der Waals surface area contributed by atoms with Crippen LogP contribution in [0.1, 0.15) is 59.6 Å². The van der Waals surface area contributed by atoms with E-state index in [-0.39, 0.29) is 11.6 Å². The van der Waals surface area contributed by atoms with Crippen LogP contribution in [0.3, 0.4) is 0 Å².